The van der Waals surface area contributed by atoms with Crippen LogP contribution in [-0.2, 0) is 6.54 Å². The lowest BCUT2D eigenvalue weighted by Crippen LogP contribution is -2.24. The largest absolute Gasteiger partial charge is 0.292 e. The van der Waals surface area contributed by atoms with Crippen LogP contribution in [0, 0.1) is 13.8 Å². The van der Waals surface area contributed by atoms with Crippen molar-refractivity contribution < 1.29 is 0 Å². The highest BCUT2D eigenvalue weighted by atomic mass is 79.9. The van der Waals surface area contributed by atoms with E-state index in [0.717, 1.165) is 15.7 Å². The molecule has 94 valence electrons. The Morgan fingerprint density at radius 1 is 1.33 bits per heavy atom. The number of aryl methyl sites for hydroxylation is 2. The van der Waals surface area contributed by atoms with Crippen LogP contribution in [0.2, 0.25) is 5.02 Å². The van der Waals surface area contributed by atoms with Gasteiger partial charge in [0.1, 0.15) is 5.82 Å². The minimum Gasteiger partial charge on any atom is -0.292 e. The van der Waals surface area contributed by atoms with Crippen molar-refractivity contribution in [3.05, 3.63) is 61.2 Å². The van der Waals surface area contributed by atoms with Crippen LogP contribution in [0.4, 0.5) is 0 Å². The fraction of sp³-hybridized carbons (Fsp3) is 0.231. The molecular formula is C13H12BrClN2O. The highest BCUT2D eigenvalue weighted by Crippen LogP contribution is 2.22. The molecule has 0 saturated carbocycles. The molecule has 0 aliphatic heterocycles. The van der Waals surface area contributed by atoms with Crippen molar-refractivity contribution in [2.75, 3.05) is 0 Å². The molecule has 0 aliphatic carbocycles. The Morgan fingerprint density at radius 2 is 2.06 bits per heavy atom. The lowest BCUT2D eigenvalue weighted by Gasteiger charge is -2.11. The third-order valence-electron chi connectivity index (χ3n) is 2.67. The first-order chi connectivity index (χ1) is 8.47. The van der Waals surface area contributed by atoms with Crippen LogP contribution in [0.3, 0.4) is 0 Å². The van der Waals surface area contributed by atoms with Crippen LogP contribution in [-0.4, -0.2) is 9.55 Å². The molecule has 0 fully saturated rings. The molecule has 0 spiro atoms. The van der Waals surface area contributed by atoms with E-state index in [2.05, 4.69) is 20.9 Å². The van der Waals surface area contributed by atoms with Gasteiger partial charge in [-0.2, -0.15) is 0 Å². The molecule has 2 aromatic rings. The minimum atomic E-state index is -0.0565. The van der Waals surface area contributed by atoms with Crippen LogP contribution < -0.4 is 5.56 Å². The van der Waals surface area contributed by atoms with Gasteiger partial charge in [-0.3, -0.25) is 9.36 Å². The van der Waals surface area contributed by atoms with E-state index in [1.807, 2.05) is 32.0 Å². The summed E-state index contributed by atoms with van der Waals surface area (Å²) in [5, 5.41) is 0.635. The maximum Gasteiger partial charge on any atom is 0.254 e. The third-order valence-corrected chi connectivity index (χ3v) is 3.52. The van der Waals surface area contributed by atoms with Crippen molar-refractivity contribution in [1.29, 1.82) is 0 Å². The molecule has 18 heavy (non-hydrogen) atoms. The summed E-state index contributed by atoms with van der Waals surface area (Å²) in [6, 6.07) is 7.15. The van der Waals surface area contributed by atoms with Gasteiger partial charge in [-0.15, -0.1) is 0 Å². The third kappa shape index (κ3) is 2.82. The highest BCUT2D eigenvalue weighted by Gasteiger charge is 2.07. The molecule has 0 amide bonds. The Morgan fingerprint density at radius 3 is 2.67 bits per heavy atom. The van der Waals surface area contributed by atoms with Crippen LogP contribution in [0.1, 0.15) is 17.1 Å². The molecule has 0 unspecified atom stereocenters. The topological polar surface area (TPSA) is 34.9 Å². The molecule has 5 heteroatoms. The Labute approximate surface area is 119 Å². The zero-order valence-corrected chi connectivity index (χ0v) is 12.4. The number of rotatable bonds is 2. The van der Waals surface area contributed by atoms with Crippen LogP contribution >= 0.6 is 27.5 Å². The first kappa shape index (κ1) is 13.3. The average molecular weight is 328 g/mol. The molecule has 0 saturated heterocycles. The van der Waals surface area contributed by atoms with Gasteiger partial charge >= 0.3 is 0 Å². The summed E-state index contributed by atoms with van der Waals surface area (Å²) >= 11 is 9.50. The van der Waals surface area contributed by atoms with E-state index in [-0.39, 0.29) is 5.56 Å². The summed E-state index contributed by atoms with van der Waals surface area (Å²) in [7, 11) is 0. The Kier molecular flexibility index (Phi) is 3.88. The normalized spacial score (nSPS) is 10.7. The Bertz CT molecular complexity index is 652. The maximum atomic E-state index is 11.9. The van der Waals surface area contributed by atoms with Gasteiger partial charge < -0.3 is 0 Å². The van der Waals surface area contributed by atoms with Gasteiger partial charge in [0.15, 0.2) is 0 Å². The van der Waals surface area contributed by atoms with Gasteiger partial charge in [0.2, 0.25) is 0 Å². The first-order valence-corrected chi connectivity index (χ1v) is 6.63. The molecule has 0 radical (unpaired) electrons. The van der Waals surface area contributed by atoms with Crippen molar-refractivity contribution in [3.8, 4) is 0 Å². The van der Waals surface area contributed by atoms with E-state index in [0.29, 0.717) is 17.4 Å². The lowest BCUT2D eigenvalue weighted by atomic mass is 10.2. The molecule has 0 bridgehead atoms. The van der Waals surface area contributed by atoms with Crippen molar-refractivity contribution >= 4 is 27.5 Å². The molecule has 1 aromatic heterocycles. The number of hydrogen-bond acceptors (Lipinski definition) is 2. The summed E-state index contributed by atoms with van der Waals surface area (Å²) in [5.41, 5.74) is 1.57. The van der Waals surface area contributed by atoms with Gasteiger partial charge in [-0.1, -0.05) is 33.6 Å². The summed E-state index contributed by atoms with van der Waals surface area (Å²) in [4.78, 5) is 16.2. The molecular weight excluding hydrogens is 316 g/mol. The van der Waals surface area contributed by atoms with E-state index in [4.69, 9.17) is 11.6 Å². The predicted molar refractivity (Wildman–Crippen MR) is 76.2 cm³/mol. The van der Waals surface area contributed by atoms with E-state index < -0.39 is 0 Å². The summed E-state index contributed by atoms with van der Waals surface area (Å²) < 4.78 is 2.53. The Hall–Kier alpha value is -1.13. The Balaban J connectivity index is 2.43. The van der Waals surface area contributed by atoms with Gasteiger partial charge in [0, 0.05) is 21.3 Å². The minimum absolute atomic E-state index is 0.0565. The molecule has 0 aliphatic rings. The highest BCUT2D eigenvalue weighted by molar-refractivity contribution is 9.10. The zero-order chi connectivity index (χ0) is 13.3. The number of halogens is 2. The van der Waals surface area contributed by atoms with Gasteiger partial charge in [-0.05, 0) is 31.5 Å². The number of nitrogens with zero attached hydrogens (tertiary/aromatic N) is 2. The molecule has 1 heterocycles. The quantitative estimate of drug-likeness (QED) is 0.848. The van der Waals surface area contributed by atoms with Crippen molar-refractivity contribution in [1.82, 2.24) is 9.55 Å². The summed E-state index contributed by atoms with van der Waals surface area (Å²) in [6.07, 6.45) is 0. The van der Waals surface area contributed by atoms with E-state index in [1.54, 1.807) is 4.57 Å². The van der Waals surface area contributed by atoms with E-state index >= 15 is 0 Å². The second kappa shape index (κ2) is 5.24. The SMILES string of the molecule is Cc1cc(=O)n(Cc2ccc(Br)cc2Cl)c(C)n1. The number of aromatic nitrogens is 2. The van der Waals surface area contributed by atoms with E-state index in [1.165, 1.54) is 6.07 Å². The average Bonchev–Trinajstić information content (AvgIpc) is 2.25. The summed E-state index contributed by atoms with van der Waals surface area (Å²) in [6.45, 7) is 4.07. The lowest BCUT2D eigenvalue weighted by molar-refractivity contribution is 0.694. The predicted octanol–water partition coefficient (Wildman–Crippen LogP) is 3.32. The second-order valence-corrected chi connectivity index (χ2v) is 5.43. The van der Waals surface area contributed by atoms with Gasteiger partial charge in [-0.25, -0.2) is 4.98 Å². The number of benzene rings is 1. The van der Waals surface area contributed by atoms with Gasteiger partial charge in [0.25, 0.3) is 5.56 Å². The monoisotopic (exact) mass is 326 g/mol. The smallest absolute Gasteiger partial charge is 0.254 e. The molecule has 2 rings (SSSR count). The second-order valence-electron chi connectivity index (χ2n) is 4.10. The van der Waals surface area contributed by atoms with Gasteiger partial charge in [0.05, 0.1) is 6.54 Å². The summed E-state index contributed by atoms with van der Waals surface area (Å²) in [5.74, 6) is 0.694. The molecule has 0 N–H and O–H groups in total. The van der Waals surface area contributed by atoms with Crippen molar-refractivity contribution in [2.45, 2.75) is 20.4 Å². The fourth-order valence-electron chi connectivity index (χ4n) is 1.78. The first-order valence-electron chi connectivity index (χ1n) is 5.46. The maximum absolute atomic E-state index is 11.9. The van der Waals surface area contributed by atoms with Crippen LogP contribution in [0.15, 0.2) is 33.5 Å². The van der Waals surface area contributed by atoms with Crippen molar-refractivity contribution in [3.63, 3.8) is 0 Å². The molecule has 0 atom stereocenters. The molecule has 3 nitrogen and oxygen atoms in total. The van der Waals surface area contributed by atoms with Crippen LogP contribution in [0.25, 0.3) is 0 Å². The van der Waals surface area contributed by atoms with Crippen LogP contribution in [0.5, 0.6) is 0 Å². The van der Waals surface area contributed by atoms with Crippen molar-refractivity contribution in [2.24, 2.45) is 0 Å². The standard InChI is InChI=1S/C13H12BrClN2O/c1-8-5-13(18)17(9(2)16-8)7-10-3-4-11(14)6-12(10)15/h3-6H,7H2,1-2H3. The number of hydrogen-bond donors (Lipinski definition) is 0. The van der Waals surface area contributed by atoms with E-state index in [9.17, 15) is 4.79 Å². The fourth-order valence-corrected chi connectivity index (χ4v) is 2.51. The molecule has 1 aromatic carbocycles. The zero-order valence-electron chi connectivity index (χ0n) is 10.1.